The van der Waals surface area contributed by atoms with Crippen LogP contribution in [0.5, 0.6) is 0 Å². The van der Waals surface area contributed by atoms with Gasteiger partial charge in [0.2, 0.25) is 0 Å². The predicted octanol–water partition coefficient (Wildman–Crippen LogP) is 1.26. The summed E-state index contributed by atoms with van der Waals surface area (Å²) in [6.45, 7) is 5.93. The number of carbonyl (C=O) groups is 2. The Balaban J connectivity index is 2.73. The SMILES string of the molecule is CCN(CCOC)C(=O)N1CCC(C)CC1C(=O)O. The average molecular weight is 272 g/mol. The Bertz CT molecular complexity index is 322. The van der Waals surface area contributed by atoms with Gasteiger partial charge in [-0.15, -0.1) is 0 Å². The average Bonchev–Trinajstić information content (AvgIpc) is 2.39. The zero-order chi connectivity index (χ0) is 14.4. The lowest BCUT2D eigenvalue weighted by Gasteiger charge is -2.38. The number of methoxy groups -OCH3 is 1. The smallest absolute Gasteiger partial charge is 0.326 e. The monoisotopic (exact) mass is 272 g/mol. The van der Waals surface area contributed by atoms with Gasteiger partial charge in [-0.25, -0.2) is 9.59 Å². The Morgan fingerprint density at radius 3 is 2.68 bits per heavy atom. The van der Waals surface area contributed by atoms with Crippen molar-refractivity contribution in [1.29, 1.82) is 0 Å². The summed E-state index contributed by atoms with van der Waals surface area (Å²) in [5.74, 6) is -0.568. The number of carbonyl (C=O) groups excluding carboxylic acids is 1. The Kier molecular flexibility index (Phi) is 6.08. The second-order valence-corrected chi connectivity index (χ2v) is 5.03. The summed E-state index contributed by atoms with van der Waals surface area (Å²) in [5, 5.41) is 9.27. The van der Waals surface area contributed by atoms with E-state index in [4.69, 9.17) is 4.74 Å². The molecule has 2 amide bonds. The number of carboxylic acid groups (broad SMARTS) is 1. The van der Waals surface area contributed by atoms with Crippen molar-refractivity contribution >= 4 is 12.0 Å². The summed E-state index contributed by atoms with van der Waals surface area (Å²) in [6, 6.07) is -0.897. The lowest BCUT2D eigenvalue weighted by molar-refractivity contribution is -0.144. The van der Waals surface area contributed by atoms with Crippen LogP contribution < -0.4 is 0 Å². The van der Waals surface area contributed by atoms with E-state index in [2.05, 4.69) is 0 Å². The third kappa shape index (κ3) is 4.09. The third-order valence-corrected chi connectivity index (χ3v) is 3.61. The quantitative estimate of drug-likeness (QED) is 0.818. The molecule has 0 radical (unpaired) electrons. The van der Waals surface area contributed by atoms with Gasteiger partial charge >= 0.3 is 12.0 Å². The molecule has 0 bridgehead atoms. The minimum absolute atomic E-state index is 0.196. The van der Waals surface area contributed by atoms with Crippen LogP contribution in [0.2, 0.25) is 0 Å². The van der Waals surface area contributed by atoms with E-state index < -0.39 is 12.0 Å². The van der Waals surface area contributed by atoms with Crippen LogP contribution in [0.4, 0.5) is 4.79 Å². The molecule has 0 aromatic carbocycles. The standard InChI is InChI=1S/C13H24N2O4/c1-4-14(7-8-19-3)13(18)15-6-5-10(2)9-11(15)12(16)17/h10-11H,4-9H2,1-3H3,(H,16,17). The highest BCUT2D eigenvalue weighted by Gasteiger charge is 2.36. The van der Waals surface area contributed by atoms with E-state index in [0.29, 0.717) is 38.6 Å². The van der Waals surface area contributed by atoms with E-state index in [-0.39, 0.29) is 6.03 Å². The number of nitrogens with zero attached hydrogens (tertiary/aromatic N) is 2. The molecule has 0 aromatic heterocycles. The third-order valence-electron chi connectivity index (χ3n) is 3.61. The van der Waals surface area contributed by atoms with Crippen molar-refractivity contribution in [2.45, 2.75) is 32.7 Å². The molecule has 0 aromatic rings. The first-order chi connectivity index (χ1) is 9.01. The van der Waals surface area contributed by atoms with Gasteiger partial charge in [-0.3, -0.25) is 0 Å². The highest BCUT2D eigenvalue weighted by atomic mass is 16.5. The molecule has 0 spiro atoms. The summed E-state index contributed by atoms with van der Waals surface area (Å²) >= 11 is 0. The van der Waals surface area contributed by atoms with Gasteiger partial charge in [-0.2, -0.15) is 0 Å². The molecule has 1 rings (SSSR count). The van der Waals surface area contributed by atoms with Gasteiger partial charge in [0, 0.05) is 26.7 Å². The lowest BCUT2D eigenvalue weighted by Crippen LogP contribution is -2.54. The van der Waals surface area contributed by atoms with Crippen molar-refractivity contribution in [1.82, 2.24) is 9.80 Å². The van der Waals surface area contributed by atoms with Gasteiger partial charge in [-0.1, -0.05) is 6.92 Å². The fraction of sp³-hybridized carbons (Fsp3) is 0.846. The summed E-state index contributed by atoms with van der Waals surface area (Å²) < 4.78 is 4.97. The molecule has 6 heteroatoms. The van der Waals surface area contributed by atoms with Crippen LogP contribution in [-0.4, -0.2) is 66.3 Å². The topological polar surface area (TPSA) is 70.1 Å². The van der Waals surface area contributed by atoms with Crippen molar-refractivity contribution in [2.24, 2.45) is 5.92 Å². The van der Waals surface area contributed by atoms with Crippen molar-refractivity contribution in [3.05, 3.63) is 0 Å². The zero-order valence-corrected chi connectivity index (χ0v) is 12.0. The van der Waals surface area contributed by atoms with Gasteiger partial charge in [0.25, 0.3) is 0 Å². The molecule has 1 fully saturated rings. The molecule has 1 heterocycles. The maximum atomic E-state index is 12.4. The predicted molar refractivity (Wildman–Crippen MR) is 71.0 cm³/mol. The summed E-state index contributed by atoms with van der Waals surface area (Å²) in [4.78, 5) is 26.8. The van der Waals surface area contributed by atoms with Crippen LogP contribution in [0.15, 0.2) is 0 Å². The highest BCUT2D eigenvalue weighted by molar-refractivity contribution is 5.83. The molecule has 2 atom stereocenters. The van der Waals surface area contributed by atoms with E-state index in [1.807, 2.05) is 13.8 Å². The van der Waals surface area contributed by atoms with Crippen LogP contribution in [0, 0.1) is 5.92 Å². The fourth-order valence-electron chi connectivity index (χ4n) is 2.38. The number of urea groups is 1. The van der Waals surface area contributed by atoms with E-state index >= 15 is 0 Å². The van der Waals surface area contributed by atoms with Crippen molar-refractivity contribution in [3.63, 3.8) is 0 Å². The largest absolute Gasteiger partial charge is 0.480 e. The fourth-order valence-corrected chi connectivity index (χ4v) is 2.38. The van der Waals surface area contributed by atoms with Crippen molar-refractivity contribution < 1.29 is 19.4 Å². The zero-order valence-electron chi connectivity index (χ0n) is 12.0. The van der Waals surface area contributed by atoms with Crippen LogP contribution >= 0.6 is 0 Å². The van der Waals surface area contributed by atoms with Gasteiger partial charge in [0.15, 0.2) is 0 Å². The van der Waals surface area contributed by atoms with Gasteiger partial charge in [-0.05, 0) is 25.7 Å². The Labute approximate surface area is 114 Å². The van der Waals surface area contributed by atoms with Gasteiger partial charge in [0.1, 0.15) is 6.04 Å². The summed E-state index contributed by atoms with van der Waals surface area (Å²) in [7, 11) is 1.58. The van der Waals surface area contributed by atoms with E-state index in [0.717, 1.165) is 6.42 Å². The maximum absolute atomic E-state index is 12.4. The maximum Gasteiger partial charge on any atom is 0.326 e. The number of piperidine rings is 1. The molecule has 0 saturated carbocycles. The number of carboxylic acids is 1. The van der Waals surface area contributed by atoms with Gasteiger partial charge < -0.3 is 19.6 Å². The van der Waals surface area contributed by atoms with Crippen molar-refractivity contribution in [3.8, 4) is 0 Å². The normalized spacial score (nSPS) is 23.2. The molecule has 1 aliphatic heterocycles. The molecular formula is C13H24N2O4. The molecule has 19 heavy (non-hydrogen) atoms. The molecule has 2 unspecified atom stereocenters. The molecule has 1 N–H and O–H groups in total. The van der Waals surface area contributed by atoms with Crippen LogP contribution in [0.3, 0.4) is 0 Å². The second kappa shape index (κ2) is 7.33. The van der Waals surface area contributed by atoms with Crippen LogP contribution in [0.25, 0.3) is 0 Å². The Morgan fingerprint density at radius 2 is 2.16 bits per heavy atom. The summed E-state index contributed by atoms with van der Waals surface area (Å²) in [5.41, 5.74) is 0. The van der Waals surface area contributed by atoms with Gasteiger partial charge in [0.05, 0.1) is 6.61 Å². The molecule has 1 saturated heterocycles. The molecular weight excluding hydrogens is 248 g/mol. The van der Waals surface area contributed by atoms with E-state index in [1.54, 1.807) is 12.0 Å². The second-order valence-electron chi connectivity index (χ2n) is 5.03. The highest BCUT2D eigenvalue weighted by Crippen LogP contribution is 2.23. The first kappa shape index (κ1) is 15.8. The Morgan fingerprint density at radius 1 is 1.47 bits per heavy atom. The Hall–Kier alpha value is -1.30. The summed E-state index contributed by atoms with van der Waals surface area (Å²) in [6.07, 6.45) is 1.39. The number of ether oxygens (including phenoxy) is 1. The number of aliphatic carboxylic acids is 1. The molecule has 110 valence electrons. The number of hydrogen-bond donors (Lipinski definition) is 1. The number of rotatable bonds is 5. The first-order valence-electron chi connectivity index (χ1n) is 6.78. The number of likely N-dealkylation sites (tertiary alicyclic amines) is 1. The molecule has 1 aliphatic rings. The van der Waals surface area contributed by atoms with E-state index in [1.165, 1.54) is 4.90 Å². The van der Waals surface area contributed by atoms with Crippen LogP contribution in [-0.2, 0) is 9.53 Å². The number of hydrogen-bond acceptors (Lipinski definition) is 3. The number of amides is 2. The molecule has 0 aliphatic carbocycles. The van der Waals surface area contributed by atoms with Crippen molar-refractivity contribution in [2.75, 3.05) is 33.4 Å². The number of likely N-dealkylation sites (N-methyl/N-ethyl adjacent to an activating group) is 1. The minimum Gasteiger partial charge on any atom is -0.480 e. The minimum atomic E-state index is -0.914. The first-order valence-corrected chi connectivity index (χ1v) is 6.78. The lowest BCUT2D eigenvalue weighted by atomic mass is 9.92. The van der Waals surface area contributed by atoms with Crippen LogP contribution in [0.1, 0.15) is 26.7 Å². The molecule has 6 nitrogen and oxygen atoms in total. The van der Waals surface area contributed by atoms with E-state index in [9.17, 15) is 14.7 Å².